The van der Waals surface area contributed by atoms with Crippen molar-refractivity contribution in [2.45, 2.75) is 25.3 Å². The first-order valence-electron chi connectivity index (χ1n) is 10.3. The van der Waals surface area contributed by atoms with Crippen molar-refractivity contribution in [1.82, 2.24) is 29.2 Å². The summed E-state index contributed by atoms with van der Waals surface area (Å²) in [6.07, 6.45) is 3.44. The predicted molar refractivity (Wildman–Crippen MR) is 110 cm³/mol. The van der Waals surface area contributed by atoms with Crippen LogP contribution >= 0.6 is 0 Å². The van der Waals surface area contributed by atoms with Crippen LogP contribution in [0.5, 0.6) is 0 Å². The summed E-state index contributed by atoms with van der Waals surface area (Å²) in [6.45, 7) is 0.128. The minimum Gasteiger partial charge on any atom is -0.337 e. The van der Waals surface area contributed by atoms with Crippen molar-refractivity contribution in [2.24, 2.45) is 18.9 Å². The molecule has 0 spiro atoms. The van der Waals surface area contributed by atoms with E-state index in [-0.39, 0.29) is 29.5 Å². The van der Waals surface area contributed by atoms with Crippen LogP contribution in [0.1, 0.15) is 41.6 Å². The number of aryl methyl sites for hydroxylation is 1. The molecule has 1 aromatic carbocycles. The molecule has 3 unspecified atom stereocenters. The number of hydrogen-bond acceptors (Lipinski definition) is 6. The lowest BCUT2D eigenvalue weighted by molar-refractivity contribution is 0.151. The second-order valence-corrected chi connectivity index (χ2v) is 8.34. The van der Waals surface area contributed by atoms with Gasteiger partial charge in [-0.3, -0.25) is 9.36 Å². The van der Waals surface area contributed by atoms with Gasteiger partial charge in [0, 0.05) is 18.5 Å². The van der Waals surface area contributed by atoms with Gasteiger partial charge in [-0.15, -0.1) is 0 Å². The van der Waals surface area contributed by atoms with Crippen LogP contribution in [0.25, 0.3) is 16.7 Å². The van der Waals surface area contributed by atoms with Gasteiger partial charge < -0.3 is 9.09 Å². The Balaban J connectivity index is 1.19. The average molecular weight is 436 g/mol. The van der Waals surface area contributed by atoms with E-state index >= 15 is 0 Å². The highest BCUT2D eigenvalue weighted by Crippen LogP contribution is 2.62. The Morgan fingerprint density at radius 3 is 2.88 bits per heavy atom. The Bertz CT molecular complexity index is 1440. The van der Waals surface area contributed by atoms with Crippen LogP contribution in [0.3, 0.4) is 0 Å². The van der Waals surface area contributed by atoms with Gasteiger partial charge in [0.05, 0.1) is 6.33 Å². The number of hydrogen-bond donors (Lipinski definition) is 0. The molecule has 1 saturated carbocycles. The van der Waals surface area contributed by atoms with E-state index in [4.69, 9.17) is 4.52 Å². The SMILES string of the molecule is Cn1cnc2ncn(Cc3nc(C4C5C=C(c6cccc(C(F)F)c6)CC54)no3)c(=O)c21. The molecule has 1 fully saturated rings. The fourth-order valence-corrected chi connectivity index (χ4v) is 4.69. The third kappa shape index (κ3) is 2.97. The van der Waals surface area contributed by atoms with Crippen molar-refractivity contribution >= 4 is 16.7 Å². The number of imidazole rings is 1. The fourth-order valence-electron chi connectivity index (χ4n) is 4.69. The number of alkyl halides is 2. The van der Waals surface area contributed by atoms with Crippen molar-refractivity contribution in [1.29, 1.82) is 0 Å². The van der Waals surface area contributed by atoms with Gasteiger partial charge in [0.1, 0.15) is 12.9 Å². The Kier molecular flexibility index (Phi) is 4.11. The molecule has 2 aliphatic rings. The molecular formula is C22H18F2N6O2. The summed E-state index contributed by atoms with van der Waals surface area (Å²) in [5.74, 6) is 1.74. The van der Waals surface area contributed by atoms with Gasteiger partial charge in [-0.2, -0.15) is 4.98 Å². The maximum Gasteiger partial charge on any atom is 0.280 e. The summed E-state index contributed by atoms with van der Waals surface area (Å²) < 4.78 is 34.4. The minimum atomic E-state index is -2.47. The number of allylic oxidation sites excluding steroid dienone is 2. The van der Waals surface area contributed by atoms with Gasteiger partial charge in [0.25, 0.3) is 12.0 Å². The predicted octanol–water partition coefficient (Wildman–Crippen LogP) is 3.32. The summed E-state index contributed by atoms with van der Waals surface area (Å²) in [4.78, 5) is 25.5. The Labute approximate surface area is 180 Å². The Morgan fingerprint density at radius 1 is 1.25 bits per heavy atom. The highest BCUT2D eigenvalue weighted by Gasteiger charge is 2.55. The maximum absolute atomic E-state index is 13.0. The Hall–Kier alpha value is -3.69. The van der Waals surface area contributed by atoms with Gasteiger partial charge >= 0.3 is 0 Å². The monoisotopic (exact) mass is 436 g/mol. The maximum atomic E-state index is 13.0. The molecule has 32 heavy (non-hydrogen) atoms. The number of nitrogens with zero attached hydrogens (tertiary/aromatic N) is 6. The molecule has 0 aliphatic heterocycles. The van der Waals surface area contributed by atoms with Crippen LogP contribution in [-0.2, 0) is 13.6 Å². The molecule has 3 aromatic heterocycles. The second kappa shape index (κ2) is 6.91. The fraction of sp³-hybridized carbons (Fsp3) is 0.318. The highest BCUT2D eigenvalue weighted by atomic mass is 19.3. The molecule has 8 nitrogen and oxygen atoms in total. The lowest BCUT2D eigenvalue weighted by Crippen LogP contribution is -2.22. The van der Waals surface area contributed by atoms with Crippen molar-refractivity contribution in [2.75, 3.05) is 0 Å². The van der Waals surface area contributed by atoms with E-state index in [0.29, 0.717) is 28.8 Å². The van der Waals surface area contributed by atoms with E-state index in [2.05, 4.69) is 26.2 Å². The van der Waals surface area contributed by atoms with Crippen LogP contribution in [0, 0.1) is 11.8 Å². The zero-order valence-corrected chi connectivity index (χ0v) is 17.0. The van der Waals surface area contributed by atoms with Crippen molar-refractivity contribution in [3.63, 3.8) is 0 Å². The van der Waals surface area contributed by atoms with Gasteiger partial charge in [-0.25, -0.2) is 18.7 Å². The topological polar surface area (TPSA) is 91.6 Å². The highest BCUT2D eigenvalue weighted by molar-refractivity contribution is 5.71. The first-order valence-corrected chi connectivity index (χ1v) is 10.3. The molecule has 6 rings (SSSR count). The first-order chi connectivity index (χ1) is 15.5. The number of rotatable bonds is 5. The number of aromatic nitrogens is 6. The zero-order chi connectivity index (χ0) is 22.0. The minimum absolute atomic E-state index is 0.0392. The largest absolute Gasteiger partial charge is 0.337 e. The molecule has 4 aromatic rings. The molecule has 3 atom stereocenters. The molecule has 162 valence electrons. The zero-order valence-electron chi connectivity index (χ0n) is 17.0. The number of fused-ring (bicyclic) bond motifs is 2. The average Bonchev–Trinajstić information content (AvgIpc) is 3.21. The lowest BCUT2D eigenvalue weighted by atomic mass is 9.99. The van der Waals surface area contributed by atoms with Crippen LogP contribution in [-0.4, -0.2) is 29.2 Å². The quantitative estimate of drug-likeness (QED) is 0.477. The molecule has 2 aliphatic carbocycles. The molecular weight excluding hydrogens is 418 g/mol. The summed E-state index contributed by atoms with van der Waals surface area (Å²) in [5.41, 5.74) is 2.56. The molecule has 3 heterocycles. The molecule has 0 amide bonds. The van der Waals surface area contributed by atoms with Crippen LogP contribution < -0.4 is 5.56 Å². The first kappa shape index (κ1) is 19.0. The molecule has 0 N–H and O–H groups in total. The number of benzene rings is 1. The van der Waals surface area contributed by atoms with Crippen LogP contribution in [0.4, 0.5) is 8.78 Å². The summed E-state index contributed by atoms with van der Waals surface area (Å²) in [6, 6.07) is 6.55. The van der Waals surface area contributed by atoms with E-state index in [9.17, 15) is 13.6 Å². The van der Waals surface area contributed by atoms with Crippen molar-refractivity contribution in [3.05, 3.63) is 76.2 Å². The van der Waals surface area contributed by atoms with Gasteiger partial charge in [-0.1, -0.05) is 29.4 Å². The van der Waals surface area contributed by atoms with Gasteiger partial charge in [0.15, 0.2) is 17.0 Å². The van der Waals surface area contributed by atoms with Crippen molar-refractivity contribution in [3.8, 4) is 0 Å². The van der Waals surface area contributed by atoms with E-state index in [1.807, 2.05) is 6.07 Å². The van der Waals surface area contributed by atoms with E-state index in [1.54, 1.807) is 30.1 Å². The molecule has 10 heteroatoms. The third-order valence-electron chi connectivity index (χ3n) is 6.38. The molecule has 0 radical (unpaired) electrons. The second-order valence-electron chi connectivity index (χ2n) is 8.34. The molecule has 0 bridgehead atoms. The third-order valence-corrected chi connectivity index (χ3v) is 6.38. The van der Waals surface area contributed by atoms with Gasteiger partial charge in [0.2, 0.25) is 5.89 Å². The van der Waals surface area contributed by atoms with Crippen LogP contribution in [0.15, 0.2) is 52.3 Å². The van der Waals surface area contributed by atoms with E-state index < -0.39 is 6.43 Å². The van der Waals surface area contributed by atoms with E-state index in [1.165, 1.54) is 17.0 Å². The van der Waals surface area contributed by atoms with E-state index in [0.717, 1.165) is 17.6 Å². The summed E-state index contributed by atoms with van der Waals surface area (Å²) in [5, 5.41) is 4.12. The smallest absolute Gasteiger partial charge is 0.280 e. The molecule has 0 saturated heterocycles. The Morgan fingerprint density at radius 2 is 2.09 bits per heavy atom. The lowest BCUT2D eigenvalue weighted by Gasteiger charge is -2.08. The van der Waals surface area contributed by atoms with Crippen molar-refractivity contribution < 1.29 is 13.3 Å². The normalized spacial score (nSPS) is 21.9. The summed E-state index contributed by atoms with van der Waals surface area (Å²) in [7, 11) is 1.74. The van der Waals surface area contributed by atoms with Gasteiger partial charge in [-0.05, 0) is 35.5 Å². The number of halogens is 2. The standard InChI is InChI=1S/C22H18F2N6O2/c1-29-9-25-21-18(29)22(31)30(10-26-21)8-16-27-20(28-32-16)17-14-6-13(7-15(14)17)11-3-2-4-12(5-11)19(23)24/h2-6,9-10,14-15,17,19H,7-8H2,1H3. The van der Waals surface area contributed by atoms with Crippen LogP contribution in [0.2, 0.25) is 0 Å². The summed E-state index contributed by atoms with van der Waals surface area (Å²) >= 11 is 0.